The van der Waals surface area contributed by atoms with Crippen LogP contribution in [0.5, 0.6) is 0 Å². The smallest absolute Gasteiger partial charge is 0.352 e. The second kappa shape index (κ2) is 4.15. The molecule has 0 spiro atoms. The number of aromatic nitrogens is 1. The van der Waals surface area contributed by atoms with Gasteiger partial charge in [-0.2, -0.15) is 13.2 Å². The molecule has 0 amide bonds. The number of nitrogens with zero attached hydrogens (tertiary/aromatic N) is 2. The summed E-state index contributed by atoms with van der Waals surface area (Å²) in [4.78, 5) is 5.48. The van der Waals surface area contributed by atoms with Gasteiger partial charge in [0.2, 0.25) is 0 Å². The number of rotatable bonds is 1. The molecule has 2 rings (SSSR count). The molecule has 0 saturated heterocycles. The third kappa shape index (κ3) is 2.18. The molecule has 0 fully saturated rings. The van der Waals surface area contributed by atoms with E-state index in [4.69, 9.17) is 0 Å². The number of pyridine rings is 1. The molecule has 5 heteroatoms. The molecular formula is C11H11F3N2. The summed E-state index contributed by atoms with van der Waals surface area (Å²) in [6, 6.07) is 2.38. The molecule has 1 aromatic heterocycles. The number of alkyl halides is 3. The zero-order valence-electron chi connectivity index (χ0n) is 8.54. The minimum atomic E-state index is -4.34. The highest BCUT2D eigenvalue weighted by Gasteiger charge is 2.35. The van der Waals surface area contributed by atoms with E-state index in [2.05, 4.69) is 4.98 Å². The van der Waals surface area contributed by atoms with Gasteiger partial charge in [0.1, 0.15) is 5.82 Å². The number of hydrogen-bond acceptors (Lipinski definition) is 2. The van der Waals surface area contributed by atoms with Crippen molar-refractivity contribution in [2.45, 2.75) is 12.6 Å². The highest BCUT2D eigenvalue weighted by molar-refractivity contribution is 5.49. The topological polar surface area (TPSA) is 16.1 Å². The van der Waals surface area contributed by atoms with Crippen molar-refractivity contribution in [1.82, 2.24) is 4.98 Å². The van der Waals surface area contributed by atoms with Crippen molar-refractivity contribution in [2.75, 3.05) is 18.0 Å². The average molecular weight is 228 g/mol. The van der Waals surface area contributed by atoms with Crippen molar-refractivity contribution in [3.8, 4) is 0 Å². The largest absolute Gasteiger partial charge is 0.419 e. The zero-order chi connectivity index (χ0) is 11.6. The Labute approximate surface area is 91.4 Å². The van der Waals surface area contributed by atoms with E-state index in [0.29, 0.717) is 13.1 Å². The lowest BCUT2D eigenvalue weighted by molar-refractivity contribution is -0.137. The maximum absolute atomic E-state index is 12.7. The van der Waals surface area contributed by atoms with Crippen molar-refractivity contribution >= 4 is 5.82 Å². The number of hydrogen-bond donors (Lipinski definition) is 0. The molecule has 0 saturated carbocycles. The quantitative estimate of drug-likeness (QED) is 0.687. The summed E-state index contributed by atoms with van der Waals surface area (Å²) in [5.74, 6) is 0.0272. The van der Waals surface area contributed by atoms with Crippen LogP contribution < -0.4 is 4.90 Å². The normalized spacial score (nSPS) is 16.6. The summed E-state index contributed by atoms with van der Waals surface area (Å²) in [6.07, 6.45) is 1.63. The highest BCUT2D eigenvalue weighted by Crippen LogP contribution is 2.35. The molecule has 0 radical (unpaired) electrons. The fourth-order valence-corrected chi connectivity index (χ4v) is 1.70. The Kier molecular flexibility index (Phi) is 2.85. The summed E-state index contributed by atoms with van der Waals surface area (Å²) in [7, 11) is 0. The van der Waals surface area contributed by atoms with E-state index in [1.165, 1.54) is 12.3 Å². The van der Waals surface area contributed by atoms with Crippen LogP contribution in [-0.2, 0) is 6.18 Å². The standard InChI is InChI=1S/C11H11F3N2/c12-11(13,14)9-5-4-6-15-10(9)16-7-2-1-3-8-16/h1-2,4-6H,3,7-8H2. The number of halogens is 3. The predicted molar refractivity (Wildman–Crippen MR) is 55.2 cm³/mol. The van der Waals surface area contributed by atoms with Crippen LogP contribution in [0.2, 0.25) is 0 Å². The molecule has 0 bridgehead atoms. The molecule has 0 aromatic carbocycles. The molecule has 1 aromatic rings. The second-order valence-electron chi connectivity index (χ2n) is 3.58. The summed E-state index contributed by atoms with van der Waals surface area (Å²) in [5, 5.41) is 0. The SMILES string of the molecule is FC(F)(F)c1cccnc1N1CC=CCC1. The van der Waals surface area contributed by atoms with E-state index in [-0.39, 0.29) is 5.82 Å². The van der Waals surface area contributed by atoms with Gasteiger partial charge in [-0.05, 0) is 18.6 Å². The van der Waals surface area contributed by atoms with Crippen molar-refractivity contribution in [3.05, 3.63) is 36.0 Å². The minimum absolute atomic E-state index is 0.0272. The maximum Gasteiger partial charge on any atom is 0.419 e. The Morgan fingerprint density at radius 3 is 2.69 bits per heavy atom. The van der Waals surface area contributed by atoms with Gasteiger partial charge >= 0.3 is 6.18 Å². The average Bonchev–Trinajstić information content (AvgIpc) is 2.29. The van der Waals surface area contributed by atoms with E-state index < -0.39 is 11.7 Å². The molecule has 0 unspecified atom stereocenters. The van der Waals surface area contributed by atoms with Crippen LogP contribution >= 0.6 is 0 Å². The molecule has 1 aliphatic heterocycles. The van der Waals surface area contributed by atoms with Crippen molar-refractivity contribution in [2.24, 2.45) is 0 Å². The molecule has 0 aliphatic carbocycles. The molecule has 86 valence electrons. The lowest BCUT2D eigenvalue weighted by Crippen LogP contribution is -2.30. The molecule has 16 heavy (non-hydrogen) atoms. The van der Waals surface area contributed by atoms with Crippen LogP contribution in [0.1, 0.15) is 12.0 Å². The fraction of sp³-hybridized carbons (Fsp3) is 0.364. The van der Waals surface area contributed by atoms with Crippen molar-refractivity contribution in [1.29, 1.82) is 0 Å². The van der Waals surface area contributed by atoms with Gasteiger partial charge in [0.05, 0.1) is 5.56 Å². The summed E-state index contributed by atoms with van der Waals surface area (Å²) >= 11 is 0. The molecule has 0 N–H and O–H groups in total. The Bertz CT molecular complexity index is 398. The Hall–Kier alpha value is -1.52. The fourth-order valence-electron chi connectivity index (χ4n) is 1.70. The zero-order valence-corrected chi connectivity index (χ0v) is 8.54. The third-order valence-corrected chi connectivity index (χ3v) is 2.45. The Morgan fingerprint density at radius 2 is 2.06 bits per heavy atom. The summed E-state index contributed by atoms with van der Waals surface area (Å²) < 4.78 is 38.2. The van der Waals surface area contributed by atoms with Gasteiger partial charge < -0.3 is 4.90 Å². The van der Waals surface area contributed by atoms with Crippen LogP contribution in [-0.4, -0.2) is 18.1 Å². The third-order valence-electron chi connectivity index (χ3n) is 2.45. The van der Waals surface area contributed by atoms with Gasteiger partial charge in [-0.1, -0.05) is 12.2 Å². The Balaban J connectivity index is 2.36. The van der Waals surface area contributed by atoms with Gasteiger partial charge in [-0.15, -0.1) is 0 Å². The highest BCUT2D eigenvalue weighted by atomic mass is 19.4. The Morgan fingerprint density at radius 1 is 1.25 bits per heavy atom. The van der Waals surface area contributed by atoms with E-state index in [0.717, 1.165) is 12.5 Å². The van der Waals surface area contributed by atoms with E-state index in [1.807, 2.05) is 12.2 Å². The molecular weight excluding hydrogens is 217 g/mol. The van der Waals surface area contributed by atoms with Crippen molar-refractivity contribution < 1.29 is 13.2 Å². The first-order valence-corrected chi connectivity index (χ1v) is 5.01. The summed E-state index contributed by atoms with van der Waals surface area (Å²) in [6.45, 7) is 1.07. The van der Waals surface area contributed by atoms with Crippen LogP contribution in [0.4, 0.5) is 19.0 Å². The summed E-state index contributed by atoms with van der Waals surface area (Å²) in [5.41, 5.74) is -0.662. The van der Waals surface area contributed by atoms with E-state index >= 15 is 0 Å². The van der Waals surface area contributed by atoms with Gasteiger partial charge in [0.25, 0.3) is 0 Å². The van der Waals surface area contributed by atoms with Gasteiger partial charge in [-0.3, -0.25) is 0 Å². The number of anilines is 1. The maximum atomic E-state index is 12.7. The monoisotopic (exact) mass is 228 g/mol. The second-order valence-corrected chi connectivity index (χ2v) is 3.58. The van der Waals surface area contributed by atoms with Crippen LogP contribution in [0.3, 0.4) is 0 Å². The molecule has 2 nitrogen and oxygen atoms in total. The van der Waals surface area contributed by atoms with Gasteiger partial charge in [0, 0.05) is 19.3 Å². The van der Waals surface area contributed by atoms with Crippen LogP contribution in [0.25, 0.3) is 0 Å². The minimum Gasteiger partial charge on any atom is -0.352 e. The first-order chi connectivity index (χ1) is 7.59. The molecule has 0 atom stereocenters. The predicted octanol–water partition coefficient (Wildman–Crippen LogP) is 2.87. The van der Waals surface area contributed by atoms with E-state index in [1.54, 1.807) is 4.90 Å². The van der Waals surface area contributed by atoms with Gasteiger partial charge in [-0.25, -0.2) is 4.98 Å². The van der Waals surface area contributed by atoms with Crippen LogP contribution in [0.15, 0.2) is 30.5 Å². The first kappa shape index (κ1) is 11.0. The van der Waals surface area contributed by atoms with Crippen molar-refractivity contribution in [3.63, 3.8) is 0 Å². The first-order valence-electron chi connectivity index (χ1n) is 5.01. The lowest BCUT2D eigenvalue weighted by atomic mass is 10.2. The van der Waals surface area contributed by atoms with Gasteiger partial charge in [0.15, 0.2) is 0 Å². The van der Waals surface area contributed by atoms with Crippen LogP contribution in [0, 0.1) is 0 Å². The lowest BCUT2D eigenvalue weighted by Gasteiger charge is -2.26. The van der Waals surface area contributed by atoms with E-state index in [9.17, 15) is 13.2 Å². The molecule has 2 heterocycles. The molecule has 1 aliphatic rings.